The van der Waals surface area contributed by atoms with E-state index < -0.39 is 11.6 Å². The molecule has 4 nitrogen and oxygen atoms in total. The second-order valence-electron chi connectivity index (χ2n) is 6.61. The molecule has 1 heterocycles. The van der Waals surface area contributed by atoms with E-state index in [9.17, 15) is 13.6 Å². The first-order valence-corrected chi connectivity index (χ1v) is 9.63. The van der Waals surface area contributed by atoms with Gasteiger partial charge >= 0.3 is 0 Å². The van der Waals surface area contributed by atoms with Gasteiger partial charge in [0.2, 0.25) is 0 Å². The van der Waals surface area contributed by atoms with Crippen LogP contribution in [0.3, 0.4) is 0 Å². The first-order chi connectivity index (χ1) is 13.3. The average molecular weight is 402 g/mol. The molecule has 3 rings (SSSR count). The van der Waals surface area contributed by atoms with Gasteiger partial charge in [-0.3, -0.25) is 4.79 Å². The van der Waals surface area contributed by atoms with Crippen LogP contribution < -0.4 is 4.74 Å². The smallest absolute Gasteiger partial charge is 0.273 e. The molecule has 0 aliphatic carbocycles. The lowest BCUT2D eigenvalue weighted by atomic mass is 10.2. The largest absolute Gasteiger partial charge is 0.489 e. The zero-order valence-electron chi connectivity index (χ0n) is 15.8. The fourth-order valence-electron chi connectivity index (χ4n) is 2.43. The predicted octanol–water partition coefficient (Wildman–Crippen LogP) is 5.15. The molecule has 0 atom stereocenters. The summed E-state index contributed by atoms with van der Waals surface area (Å²) in [6, 6.07) is 11.0. The van der Waals surface area contributed by atoms with Crippen LogP contribution >= 0.6 is 11.3 Å². The van der Waals surface area contributed by atoms with Crippen LogP contribution in [-0.4, -0.2) is 28.9 Å². The van der Waals surface area contributed by atoms with E-state index in [4.69, 9.17) is 4.74 Å². The SMILES string of the molecule is CC(C)N(C)C(=O)c1csc(-c2cccc(OCc3ccc(F)c(F)c3)c2)n1. The van der Waals surface area contributed by atoms with Crippen molar-refractivity contribution in [2.45, 2.75) is 26.5 Å². The number of rotatable bonds is 6. The molecule has 28 heavy (non-hydrogen) atoms. The Labute approximate surface area is 166 Å². The van der Waals surface area contributed by atoms with E-state index in [1.165, 1.54) is 17.4 Å². The molecule has 0 aliphatic heterocycles. The lowest BCUT2D eigenvalue weighted by Crippen LogP contribution is -2.33. The van der Waals surface area contributed by atoms with Gasteiger partial charge < -0.3 is 9.64 Å². The van der Waals surface area contributed by atoms with Gasteiger partial charge in [0.15, 0.2) is 11.6 Å². The number of ether oxygens (including phenoxy) is 1. The lowest BCUT2D eigenvalue weighted by molar-refractivity contribution is 0.0750. The predicted molar refractivity (Wildman–Crippen MR) is 105 cm³/mol. The average Bonchev–Trinajstić information content (AvgIpc) is 3.18. The number of benzene rings is 2. The van der Waals surface area contributed by atoms with Crippen LogP contribution in [0, 0.1) is 11.6 Å². The van der Waals surface area contributed by atoms with Crippen LogP contribution in [-0.2, 0) is 6.61 Å². The number of thiazole rings is 1. The maximum atomic E-state index is 13.3. The molecular formula is C21H20F2N2O2S. The van der Waals surface area contributed by atoms with Gasteiger partial charge in [-0.15, -0.1) is 11.3 Å². The van der Waals surface area contributed by atoms with Crippen molar-refractivity contribution in [1.82, 2.24) is 9.88 Å². The number of carbonyl (C=O) groups excluding carboxylic acids is 1. The van der Waals surface area contributed by atoms with Gasteiger partial charge in [0.25, 0.3) is 5.91 Å². The zero-order valence-corrected chi connectivity index (χ0v) is 16.6. The topological polar surface area (TPSA) is 42.4 Å². The second kappa shape index (κ2) is 8.48. The quantitative estimate of drug-likeness (QED) is 0.573. The number of hydrogen-bond acceptors (Lipinski definition) is 4. The van der Waals surface area contributed by atoms with E-state index >= 15 is 0 Å². The van der Waals surface area contributed by atoms with E-state index in [0.29, 0.717) is 22.0 Å². The summed E-state index contributed by atoms with van der Waals surface area (Å²) in [5.74, 6) is -1.34. The van der Waals surface area contributed by atoms with Crippen LogP contribution in [0.25, 0.3) is 10.6 Å². The van der Waals surface area contributed by atoms with Crippen LogP contribution in [0.4, 0.5) is 8.78 Å². The molecule has 0 bridgehead atoms. The highest BCUT2D eigenvalue weighted by atomic mass is 32.1. The van der Waals surface area contributed by atoms with Crippen LogP contribution in [0.2, 0.25) is 0 Å². The minimum Gasteiger partial charge on any atom is -0.489 e. The molecule has 2 aromatic carbocycles. The van der Waals surface area contributed by atoms with E-state index in [0.717, 1.165) is 17.7 Å². The first kappa shape index (κ1) is 19.9. The summed E-state index contributed by atoms with van der Waals surface area (Å²) < 4.78 is 32.0. The Morgan fingerprint density at radius 2 is 1.96 bits per heavy atom. The van der Waals surface area contributed by atoms with E-state index in [1.807, 2.05) is 26.0 Å². The van der Waals surface area contributed by atoms with Gasteiger partial charge in [-0.05, 0) is 43.7 Å². The van der Waals surface area contributed by atoms with Gasteiger partial charge in [0, 0.05) is 24.0 Å². The Morgan fingerprint density at radius 1 is 1.18 bits per heavy atom. The fourth-order valence-corrected chi connectivity index (χ4v) is 3.23. The molecule has 0 unspecified atom stereocenters. The van der Waals surface area contributed by atoms with Crippen molar-refractivity contribution in [3.63, 3.8) is 0 Å². The maximum Gasteiger partial charge on any atom is 0.273 e. The van der Waals surface area contributed by atoms with Crippen molar-refractivity contribution in [1.29, 1.82) is 0 Å². The number of halogens is 2. The van der Waals surface area contributed by atoms with Crippen molar-refractivity contribution in [3.05, 3.63) is 70.7 Å². The van der Waals surface area contributed by atoms with Gasteiger partial charge in [0.05, 0.1) is 0 Å². The third-order valence-electron chi connectivity index (χ3n) is 4.29. The molecule has 0 fully saturated rings. The number of carbonyl (C=O) groups is 1. The molecule has 3 aromatic rings. The summed E-state index contributed by atoms with van der Waals surface area (Å²) in [5.41, 5.74) is 1.76. The second-order valence-corrected chi connectivity index (χ2v) is 7.47. The van der Waals surface area contributed by atoms with Crippen LogP contribution in [0.1, 0.15) is 29.9 Å². The molecule has 0 saturated heterocycles. The van der Waals surface area contributed by atoms with Gasteiger partial charge in [-0.2, -0.15) is 0 Å². The summed E-state index contributed by atoms with van der Waals surface area (Å²) in [6.45, 7) is 4.00. The van der Waals surface area contributed by atoms with Crippen LogP contribution in [0.5, 0.6) is 5.75 Å². The standard InChI is InChI=1S/C21H20F2N2O2S/c1-13(2)25(3)21(26)19-12-28-20(24-19)15-5-4-6-16(10-15)27-11-14-7-8-17(22)18(23)9-14/h4-10,12-13H,11H2,1-3H3. The van der Waals surface area contributed by atoms with Crippen molar-refractivity contribution in [3.8, 4) is 16.3 Å². The van der Waals surface area contributed by atoms with E-state index in [1.54, 1.807) is 29.5 Å². The summed E-state index contributed by atoms with van der Waals surface area (Å²) in [4.78, 5) is 18.5. The van der Waals surface area contributed by atoms with E-state index in [-0.39, 0.29) is 18.6 Å². The third kappa shape index (κ3) is 4.54. The summed E-state index contributed by atoms with van der Waals surface area (Å²) >= 11 is 1.38. The Kier molecular flexibility index (Phi) is 6.04. The fraction of sp³-hybridized carbons (Fsp3) is 0.238. The van der Waals surface area contributed by atoms with Gasteiger partial charge in [0.1, 0.15) is 23.1 Å². The third-order valence-corrected chi connectivity index (χ3v) is 5.18. The first-order valence-electron chi connectivity index (χ1n) is 8.75. The minimum absolute atomic E-state index is 0.0886. The molecule has 146 valence electrons. The zero-order chi connectivity index (χ0) is 20.3. The number of aromatic nitrogens is 1. The van der Waals surface area contributed by atoms with Crippen molar-refractivity contribution >= 4 is 17.2 Å². The van der Waals surface area contributed by atoms with Gasteiger partial charge in [-0.25, -0.2) is 13.8 Å². The molecule has 0 spiro atoms. The van der Waals surface area contributed by atoms with E-state index in [2.05, 4.69) is 4.98 Å². The molecule has 7 heteroatoms. The summed E-state index contributed by atoms with van der Waals surface area (Å²) in [7, 11) is 1.75. The Hall–Kier alpha value is -2.80. The molecule has 1 aromatic heterocycles. The molecular weight excluding hydrogens is 382 g/mol. The molecule has 1 amide bonds. The molecule has 0 radical (unpaired) electrons. The molecule has 0 aliphatic rings. The molecule has 0 saturated carbocycles. The Morgan fingerprint density at radius 3 is 2.68 bits per heavy atom. The summed E-state index contributed by atoms with van der Waals surface area (Å²) in [5, 5.41) is 2.45. The molecule has 0 N–H and O–H groups in total. The van der Waals surface area contributed by atoms with Crippen molar-refractivity contribution < 1.29 is 18.3 Å². The number of amides is 1. The highest BCUT2D eigenvalue weighted by Gasteiger charge is 2.18. The Balaban J connectivity index is 1.73. The van der Waals surface area contributed by atoms with Gasteiger partial charge in [-0.1, -0.05) is 18.2 Å². The maximum absolute atomic E-state index is 13.3. The number of hydrogen-bond donors (Lipinski definition) is 0. The normalized spacial score (nSPS) is 10.9. The number of nitrogens with zero attached hydrogens (tertiary/aromatic N) is 2. The van der Waals surface area contributed by atoms with Crippen molar-refractivity contribution in [2.24, 2.45) is 0 Å². The van der Waals surface area contributed by atoms with Crippen molar-refractivity contribution in [2.75, 3.05) is 7.05 Å². The minimum atomic E-state index is -0.902. The Bertz CT molecular complexity index is 988. The summed E-state index contributed by atoms with van der Waals surface area (Å²) in [6.07, 6.45) is 0. The highest BCUT2D eigenvalue weighted by molar-refractivity contribution is 7.13. The monoisotopic (exact) mass is 402 g/mol. The lowest BCUT2D eigenvalue weighted by Gasteiger charge is -2.19. The highest BCUT2D eigenvalue weighted by Crippen LogP contribution is 2.28. The van der Waals surface area contributed by atoms with Crippen LogP contribution in [0.15, 0.2) is 47.8 Å².